The normalized spacial score (nSPS) is 19.1. The van der Waals surface area contributed by atoms with Crippen LogP contribution < -0.4 is 15.0 Å². The average molecular weight is 302 g/mol. The molecule has 2 aliphatic rings. The zero-order valence-corrected chi connectivity index (χ0v) is 12.6. The Labute approximate surface area is 129 Å². The van der Waals surface area contributed by atoms with Crippen LogP contribution in [0.4, 0.5) is 5.69 Å². The molecule has 5 nitrogen and oxygen atoms in total. The summed E-state index contributed by atoms with van der Waals surface area (Å²) in [6, 6.07) is 2.01. The van der Waals surface area contributed by atoms with Gasteiger partial charge in [-0.3, -0.25) is 4.98 Å². The number of ether oxygens (including phenoxy) is 1. The van der Waals surface area contributed by atoms with Crippen molar-refractivity contribution in [1.82, 2.24) is 10.3 Å². The SMILES string of the molecule is S=C1C=C(Oc2cncc(N3CCCNCC3)c2)N=CC1. The van der Waals surface area contributed by atoms with E-state index in [2.05, 4.69) is 20.2 Å². The molecule has 0 bridgehead atoms. The minimum atomic E-state index is 0.530. The van der Waals surface area contributed by atoms with E-state index in [1.165, 1.54) is 0 Å². The average Bonchev–Trinajstić information content (AvgIpc) is 2.77. The van der Waals surface area contributed by atoms with Crippen LogP contribution in [-0.2, 0) is 0 Å². The monoisotopic (exact) mass is 302 g/mol. The Hall–Kier alpha value is -1.79. The van der Waals surface area contributed by atoms with E-state index in [1.54, 1.807) is 18.5 Å². The summed E-state index contributed by atoms with van der Waals surface area (Å²) in [6.45, 7) is 4.08. The molecule has 0 unspecified atom stereocenters. The predicted octanol–water partition coefficient (Wildman–Crippen LogP) is 1.95. The predicted molar refractivity (Wildman–Crippen MR) is 88.4 cm³/mol. The van der Waals surface area contributed by atoms with Crippen LogP contribution in [0.1, 0.15) is 12.8 Å². The van der Waals surface area contributed by atoms with E-state index in [0.29, 0.717) is 18.1 Å². The van der Waals surface area contributed by atoms with Crippen LogP contribution in [0.5, 0.6) is 5.75 Å². The third-order valence-electron chi connectivity index (χ3n) is 3.42. The van der Waals surface area contributed by atoms with Crippen LogP contribution in [-0.4, -0.2) is 42.2 Å². The summed E-state index contributed by atoms with van der Waals surface area (Å²) < 4.78 is 5.76. The van der Waals surface area contributed by atoms with Gasteiger partial charge in [-0.25, -0.2) is 4.99 Å². The van der Waals surface area contributed by atoms with E-state index in [0.717, 1.165) is 43.2 Å². The van der Waals surface area contributed by atoms with Crippen molar-refractivity contribution in [3.8, 4) is 5.75 Å². The first-order valence-electron chi connectivity index (χ1n) is 7.17. The van der Waals surface area contributed by atoms with Crippen molar-refractivity contribution in [3.05, 3.63) is 30.4 Å². The molecular formula is C15H18N4OS. The molecule has 3 heterocycles. The van der Waals surface area contributed by atoms with E-state index in [1.807, 2.05) is 12.3 Å². The van der Waals surface area contributed by atoms with Gasteiger partial charge in [-0.15, -0.1) is 0 Å². The van der Waals surface area contributed by atoms with Crippen LogP contribution in [0.2, 0.25) is 0 Å². The first-order valence-corrected chi connectivity index (χ1v) is 7.58. The molecule has 1 aromatic heterocycles. The lowest BCUT2D eigenvalue weighted by Crippen LogP contribution is -2.27. The molecule has 3 rings (SSSR count). The molecule has 1 fully saturated rings. The van der Waals surface area contributed by atoms with Gasteiger partial charge in [0, 0.05) is 49.3 Å². The van der Waals surface area contributed by atoms with E-state index in [-0.39, 0.29) is 0 Å². The van der Waals surface area contributed by atoms with Gasteiger partial charge < -0.3 is 15.0 Å². The van der Waals surface area contributed by atoms with Crippen LogP contribution in [0.15, 0.2) is 35.4 Å². The molecule has 1 N–H and O–H groups in total. The van der Waals surface area contributed by atoms with Gasteiger partial charge in [0.2, 0.25) is 5.88 Å². The standard InChI is InChI=1S/C15H18N4OS/c21-14-2-4-18-15(9-14)20-13-8-12(10-17-11-13)19-6-1-3-16-5-7-19/h4,8-11,16H,1-3,5-7H2. The molecule has 21 heavy (non-hydrogen) atoms. The summed E-state index contributed by atoms with van der Waals surface area (Å²) in [6.07, 6.45) is 8.98. The van der Waals surface area contributed by atoms with Gasteiger partial charge >= 0.3 is 0 Å². The number of nitrogens with zero attached hydrogens (tertiary/aromatic N) is 3. The minimum Gasteiger partial charge on any atom is -0.437 e. The molecule has 6 heteroatoms. The Balaban J connectivity index is 1.73. The molecule has 0 aliphatic carbocycles. The fourth-order valence-electron chi connectivity index (χ4n) is 2.38. The Morgan fingerprint density at radius 2 is 2.19 bits per heavy atom. The summed E-state index contributed by atoms with van der Waals surface area (Å²) in [5, 5.41) is 3.40. The van der Waals surface area contributed by atoms with Gasteiger partial charge in [0.05, 0.1) is 18.1 Å². The Bertz CT molecular complexity index is 577. The number of pyridine rings is 1. The molecule has 0 spiro atoms. The second kappa shape index (κ2) is 6.78. The van der Waals surface area contributed by atoms with Gasteiger partial charge in [0.1, 0.15) is 5.75 Å². The van der Waals surface area contributed by atoms with Crippen LogP contribution in [0.25, 0.3) is 0 Å². The van der Waals surface area contributed by atoms with Crippen molar-refractivity contribution in [3.63, 3.8) is 0 Å². The van der Waals surface area contributed by atoms with Gasteiger partial charge in [-0.1, -0.05) is 12.2 Å². The molecule has 110 valence electrons. The second-order valence-corrected chi connectivity index (χ2v) is 5.56. The van der Waals surface area contributed by atoms with Crippen LogP contribution >= 0.6 is 12.2 Å². The van der Waals surface area contributed by atoms with Crippen molar-refractivity contribution < 1.29 is 4.74 Å². The molecule has 0 aromatic carbocycles. The van der Waals surface area contributed by atoms with Crippen molar-refractivity contribution >= 4 is 29.0 Å². The maximum absolute atomic E-state index is 5.76. The number of aliphatic imine (C=N–C) groups is 1. The van der Waals surface area contributed by atoms with Gasteiger partial charge in [-0.2, -0.15) is 0 Å². The highest BCUT2D eigenvalue weighted by atomic mass is 32.1. The van der Waals surface area contributed by atoms with Crippen molar-refractivity contribution in [2.75, 3.05) is 31.1 Å². The Morgan fingerprint density at radius 3 is 3.10 bits per heavy atom. The minimum absolute atomic E-state index is 0.530. The van der Waals surface area contributed by atoms with Gasteiger partial charge in [-0.05, 0) is 13.0 Å². The number of rotatable bonds is 3. The lowest BCUT2D eigenvalue weighted by molar-refractivity contribution is 0.420. The van der Waals surface area contributed by atoms with Crippen molar-refractivity contribution in [2.24, 2.45) is 4.99 Å². The molecule has 0 amide bonds. The first kappa shape index (κ1) is 14.2. The molecule has 1 aromatic rings. The molecule has 0 atom stereocenters. The molecule has 0 radical (unpaired) electrons. The highest BCUT2D eigenvalue weighted by Gasteiger charge is 2.12. The molecular weight excluding hydrogens is 284 g/mol. The topological polar surface area (TPSA) is 49.8 Å². The highest BCUT2D eigenvalue weighted by molar-refractivity contribution is 7.80. The summed E-state index contributed by atoms with van der Waals surface area (Å²) in [4.78, 5) is 11.6. The summed E-state index contributed by atoms with van der Waals surface area (Å²) in [7, 11) is 0. The number of anilines is 1. The lowest BCUT2D eigenvalue weighted by Gasteiger charge is -2.22. The third-order valence-corrected chi connectivity index (χ3v) is 3.71. The first-order chi connectivity index (χ1) is 10.3. The zero-order chi connectivity index (χ0) is 14.5. The largest absolute Gasteiger partial charge is 0.437 e. The van der Waals surface area contributed by atoms with Gasteiger partial charge in [0.15, 0.2) is 0 Å². The van der Waals surface area contributed by atoms with Crippen molar-refractivity contribution in [2.45, 2.75) is 12.8 Å². The van der Waals surface area contributed by atoms with E-state index in [4.69, 9.17) is 17.0 Å². The third kappa shape index (κ3) is 3.86. The van der Waals surface area contributed by atoms with E-state index < -0.39 is 0 Å². The van der Waals surface area contributed by atoms with Crippen molar-refractivity contribution in [1.29, 1.82) is 0 Å². The Kier molecular flexibility index (Phi) is 4.57. The summed E-state index contributed by atoms with van der Waals surface area (Å²) in [5.41, 5.74) is 1.08. The zero-order valence-electron chi connectivity index (χ0n) is 11.8. The second-order valence-electron chi connectivity index (χ2n) is 5.04. The van der Waals surface area contributed by atoms with Crippen LogP contribution in [0.3, 0.4) is 0 Å². The Morgan fingerprint density at radius 1 is 1.24 bits per heavy atom. The lowest BCUT2D eigenvalue weighted by atomic mass is 10.3. The highest BCUT2D eigenvalue weighted by Crippen LogP contribution is 2.22. The van der Waals surface area contributed by atoms with Crippen LogP contribution in [0, 0.1) is 0 Å². The van der Waals surface area contributed by atoms with E-state index >= 15 is 0 Å². The number of hydrogen-bond acceptors (Lipinski definition) is 6. The quantitative estimate of drug-likeness (QED) is 0.865. The number of nitrogens with one attached hydrogen (secondary N) is 1. The maximum atomic E-state index is 5.76. The summed E-state index contributed by atoms with van der Waals surface area (Å²) in [5.74, 6) is 1.22. The van der Waals surface area contributed by atoms with Gasteiger partial charge in [0.25, 0.3) is 0 Å². The number of aromatic nitrogens is 1. The maximum Gasteiger partial charge on any atom is 0.220 e. The molecule has 0 saturated carbocycles. The number of hydrogen-bond donors (Lipinski definition) is 1. The molecule has 1 saturated heterocycles. The fraction of sp³-hybridized carbons (Fsp3) is 0.400. The fourth-order valence-corrected chi connectivity index (χ4v) is 2.55. The van der Waals surface area contributed by atoms with E-state index in [9.17, 15) is 0 Å². The summed E-state index contributed by atoms with van der Waals surface area (Å²) >= 11 is 5.16. The smallest absolute Gasteiger partial charge is 0.220 e. The number of allylic oxidation sites excluding steroid dienone is 1. The number of thiocarbonyl (C=S) groups is 1. The molecule has 2 aliphatic heterocycles.